The number of aromatic nitrogens is 2. The summed E-state index contributed by atoms with van der Waals surface area (Å²) < 4.78 is 7.65. The second-order valence-electron chi connectivity index (χ2n) is 5.42. The van der Waals surface area contributed by atoms with Crippen molar-refractivity contribution >= 4 is 5.78 Å². The van der Waals surface area contributed by atoms with Crippen molar-refractivity contribution < 1.29 is 9.53 Å². The van der Waals surface area contributed by atoms with Gasteiger partial charge in [0, 0.05) is 19.9 Å². The zero-order chi connectivity index (χ0) is 13.7. The molecule has 1 aliphatic carbocycles. The van der Waals surface area contributed by atoms with E-state index in [2.05, 4.69) is 5.10 Å². The van der Waals surface area contributed by atoms with Crippen LogP contribution in [0.5, 0.6) is 0 Å². The van der Waals surface area contributed by atoms with Crippen LogP contribution in [0.3, 0.4) is 0 Å². The highest BCUT2D eigenvalue weighted by molar-refractivity contribution is 5.89. The van der Waals surface area contributed by atoms with E-state index in [1.54, 1.807) is 4.68 Å². The normalized spacial score (nSPS) is 19.1. The monoisotopic (exact) mass is 264 g/mol. The summed E-state index contributed by atoms with van der Waals surface area (Å²) in [6.45, 7) is 2.58. The Morgan fingerprint density at radius 3 is 2.58 bits per heavy atom. The number of rotatable bonds is 5. The molecule has 0 amide bonds. The number of ether oxygens (including phenoxy) is 1. The van der Waals surface area contributed by atoms with Crippen LogP contribution in [0.4, 0.5) is 0 Å². The Bertz CT molecular complexity index is 418. The van der Waals surface area contributed by atoms with Gasteiger partial charge in [-0.05, 0) is 25.8 Å². The lowest BCUT2D eigenvalue weighted by atomic mass is 9.87. The minimum absolute atomic E-state index is 0.204. The third-order valence-corrected chi connectivity index (χ3v) is 3.95. The Hall–Kier alpha value is -1.16. The molecule has 0 saturated heterocycles. The Kier molecular flexibility index (Phi) is 4.75. The van der Waals surface area contributed by atoms with Gasteiger partial charge in [0.2, 0.25) is 0 Å². The van der Waals surface area contributed by atoms with Crippen molar-refractivity contribution in [2.75, 3.05) is 6.61 Å². The third-order valence-electron chi connectivity index (χ3n) is 3.95. The summed E-state index contributed by atoms with van der Waals surface area (Å²) >= 11 is 0. The smallest absolute Gasteiger partial charge is 0.170 e. The van der Waals surface area contributed by atoms with Crippen molar-refractivity contribution in [2.24, 2.45) is 7.05 Å². The average Bonchev–Trinajstić information content (AvgIpc) is 2.65. The minimum Gasteiger partial charge on any atom is -0.367 e. The van der Waals surface area contributed by atoms with Crippen LogP contribution in [0.2, 0.25) is 0 Å². The molecule has 0 N–H and O–H groups in total. The number of nitrogens with zero attached hydrogens (tertiary/aromatic N) is 2. The SMILES string of the molecule is CCOC1(C(=O)Cc2ccn(C)n2)CCCCCC1. The van der Waals surface area contributed by atoms with Crippen molar-refractivity contribution in [1.29, 1.82) is 0 Å². The van der Waals surface area contributed by atoms with E-state index >= 15 is 0 Å². The van der Waals surface area contributed by atoms with E-state index in [9.17, 15) is 4.79 Å². The Morgan fingerprint density at radius 2 is 2.05 bits per heavy atom. The van der Waals surface area contributed by atoms with E-state index < -0.39 is 5.60 Å². The Balaban J connectivity index is 2.10. The molecule has 19 heavy (non-hydrogen) atoms. The van der Waals surface area contributed by atoms with E-state index in [-0.39, 0.29) is 5.78 Å². The van der Waals surface area contributed by atoms with Gasteiger partial charge in [0.1, 0.15) is 5.60 Å². The molecule has 1 fully saturated rings. The summed E-state index contributed by atoms with van der Waals surface area (Å²) in [6.07, 6.45) is 8.61. The van der Waals surface area contributed by atoms with Crippen molar-refractivity contribution in [3.05, 3.63) is 18.0 Å². The van der Waals surface area contributed by atoms with Crippen LogP contribution >= 0.6 is 0 Å². The maximum Gasteiger partial charge on any atom is 0.170 e. The number of aryl methyl sites for hydroxylation is 1. The molecule has 0 atom stereocenters. The van der Waals surface area contributed by atoms with Gasteiger partial charge < -0.3 is 4.74 Å². The first-order chi connectivity index (χ1) is 9.16. The average molecular weight is 264 g/mol. The molecule has 1 aromatic heterocycles. The molecule has 4 heteroatoms. The molecule has 4 nitrogen and oxygen atoms in total. The van der Waals surface area contributed by atoms with Gasteiger partial charge in [-0.15, -0.1) is 0 Å². The van der Waals surface area contributed by atoms with Gasteiger partial charge in [-0.1, -0.05) is 25.7 Å². The number of hydrogen-bond acceptors (Lipinski definition) is 3. The van der Waals surface area contributed by atoms with Crippen molar-refractivity contribution in [1.82, 2.24) is 9.78 Å². The predicted octanol–water partition coefficient (Wildman–Crippen LogP) is 2.66. The minimum atomic E-state index is -0.553. The van der Waals surface area contributed by atoms with Crippen molar-refractivity contribution in [3.8, 4) is 0 Å². The fourth-order valence-electron chi connectivity index (χ4n) is 2.96. The van der Waals surface area contributed by atoms with Gasteiger partial charge in [0.25, 0.3) is 0 Å². The van der Waals surface area contributed by atoms with Gasteiger partial charge >= 0.3 is 0 Å². The van der Waals surface area contributed by atoms with Crippen LogP contribution in [0.25, 0.3) is 0 Å². The van der Waals surface area contributed by atoms with E-state index in [0.29, 0.717) is 13.0 Å². The molecule has 0 aromatic carbocycles. The van der Waals surface area contributed by atoms with Crippen LogP contribution in [-0.4, -0.2) is 27.8 Å². The molecule has 1 heterocycles. The van der Waals surface area contributed by atoms with E-state index in [4.69, 9.17) is 4.74 Å². The molecule has 1 aromatic rings. The maximum absolute atomic E-state index is 12.7. The molecule has 0 radical (unpaired) electrons. The summed E-state index contributed by atoms with van der Waals surface area (Å²) in [4.78, 5) is 12.7. The molecule has 2 rings (SSSR count). The number of Topliss-reactive ketones (excluding diaryl/α,β-unsaturated/α-hetero) is 1. The highest BCUT2D eigenvalue weighted by Crippen LogP contribution is 2.32. The molecule has 106 valence electrons. The van der Waals surface area contributed by atoms with Gasteiger partial charge in [-0.3, -0.25) is 9.48 Å². The molecule has 1 saturated carbocycles. The third kappa shape index (κ3) is 3.44. The zero-order valence-electron chi connectivity index (χ0n) is 12.0. The molecule has 0 bridgehead atoms. The summed E-state index contributed by atoms with van der Waals surface area (Å²) in [5.41, 5.74) is 0.291. The fraction of sp³-hybridized carbons (Fsp3) is 0.733. The summed E-state index contributed by atoms with van der Waals surface area (Å²) in [7, 11) is 1.87. The molecule has 0 aliphatic heterocycles. The highest BCUT2D eigenvalue weighted by Gasteiger charge is 2.38. The highest BCUT2D eigenvalue weighted by atomic mass is 16.5. The molecular formula is C15H24N2O2. The van der Waals surface area contributed by atoms with Crippen LogP contribution in [0.1, 0.15) is 51.1 Å². The van der Waals surface area contributed by atoms with Crippen molar-refractivity contribution in [2.45, 2.75) is 57.5 Å². The first kappa shape index (κ1) is 14.3. The molecule has 0 spiro atoms. The number of carbonyl (C=O) groups excluding carboxylic acids is 1. The Morgan fingerprint density at radius 1 is 1.37 bits per heavy atom. The molecule has 0 unspecified atom stereocenters. The van der Waals surface area contributed by atoms with E-state index in [1.165, 1.54) is 12.8 Å². The molecule has 1 aliphatic rings. The van der Waals surface area contributed by atoms with E-state index in [0.717, 1.165) is 31.4 Å². The Labute approximate surface area is 115 Å². The summed E-state index contributed by atoms with van der Waals surface area (Å²) in [6, 6.07) is 1.91. The zero-order valence-corrected chi connectivity index (χ0v) is 12.0. The lowest BCUT2D eigenvalue weighted by Crippen LogP contribution is -2.42. The second-order valence-corrected chi connectivity index (χ2v) is 5.42. The van der Waals surface area contributed by atoms with Crippen molar-refractivity contribution in [3.63, 3.8) is 0 Å². The lowest BCUT2D eigenvalue weighted by molar-refractivity contribution is -0.145. The standard InChI is InChI=1S/C15H24N2O2/c1-3-19-15(9-6-4-5-7-10-15)14(18)12-13-8-11-17(2)16-13/h8,11H,3-7,9-10,12H2,1-2H3. The second kappa shape index (κ2) is 6.33. The van der Waals surface area contributed by atoms with E-state index in [1.807, 2.05) is 26.2 Å². The fourth-order valence-corrected chi connectivity index (χ4v) is 2.96. The van der Waals surface area contributed by atoms with Crippen LogP contribution < -0.4 is 0 Å². The van der Waals surface area contributed by atoms with Gasteiger partial charge in [0.05, 0.1) is 12.1 Å². The topological polar surface area (TPSA) is 44.1 Å². The number of carbonyl (C=O) groups is 1. The van der Waals surface area contributed by atoms with Crippen LogP contribution in [0, 0.1) is 0 Å². The quantitative estimate of drug-likeness (QED) is 0.768. The number of ketones is 1. The van der Waals surface area contributed by atoms with Gasteiger partial charge in [-0.25, -0.2) is 0 Å². The summed E-state index contributed by atoms with van der Waals surface area (Å²) in [5, 5.41) is 4.30. The first-order valence-corrected chi connectivity index (χ1v) is 7.32. The predicted molar refractivity (Wildman–Crippen MR) is 74.0 cm³/mol. The number of hydrogen-bond donors (Lipinski definition) is 0. The van der Waals surface area contributed by atoms with Gasteiger partial charge in [-0.2, -0.15) is 5.10 Å². The van der Waals surface area contributed by atoms with Gasteiger partial charge in [0.15, 0.2) is 5.78 Å². The summed E-state index contributed by atoms with van der Waals surface area (Å²) in [5.74, 6) is 0.204. The molecular weight excluding hydrogens is 240 g/mol. The first-order valence-electron chi connectivity index (χ1n) is 7.32. The maximum atomic E-state index is 12.7. The van der Waals surface area contributed by atoms with Crippen LogP contribution in [0.15, 0.2) is 12.3 Å². The lowest BCUT2D eigenvalue weighted by Gasteiger charge is -2.31. The van der Waals surface area contributed by atoms with Crippen LogP contribution in [-0.2, 0) is 23.0 Å². The largest absolute Gasteiger partial charge is 0.367 e.